The summed E-state index contributed by atoms with van der Waals surface area (Å²) in [5.41, 5.74) is 3.17. The van der Waals surface area contributed by atoms with Crippen LogP contribution < -0.4 is 5.32 Å². The smallest absolute Gasteiger partial charge is 0.251 e. The highest BCUT2D eigenvalue weighted by Crippen LogP contribution is 2.13. The summed E-state index contributed by atoms with van der Waals surface area (Å²) in [4.78, 5) is 12.0. The Morgan fingerprint density at radius 2 is 2.25 bits per heavy atom. The zero-order valence-corrected chi connectivity index (χ0v) is 12.4. The lowest BCUT2D eigenvalue weighted by Gasteiger charge is -2.22. The van der Waals surface area contributed by atoms with Crippen LogP contribution in [0, 0.1) is 13.8 Å². The second-order valence-corrected chi connectivity index (χ2v) is 5.02. The minimum atomic E-state index is -0.491. The summed E-state index contributed by atoms with van der Waals surface area (Å²) in [5, 5.41) is 7.41. The number of nitrogens with zero attached hydrogens (tertiary/aromatic N) is 2. The van der Waals surface area contributed by atoms with E-state index in [0.717, 1.165) is 29.9 Å². The Hall–Kier alpha value is -1.40. The van der Waals surface area contributed by atoms with Gasteiger partial charge in [0.05, 0.1) is 25.5 Å². The average molecular weight is 281 g/mol. The van der Waals surface area contributed by atoms with E-state index in [1.165, 1.54) is 0 Å². The molecule has 1 aromatic rings. The van der Waals surface area contributed by atoms with Crippen LogP contribution in [0.2, 0.25) is 0 Å². The second kappa shape index (κ2) is 6.85. The molecular weight excluding hydrogens is 258 g/mol. The molecule has 0 spiro atoms. The molecule has 1 aliphatic heterocycles. The standard InChI is InChI=1S/C14H23N3O3/c1-4-5-17-11(3)12(10(2)16-17)8-15-14(18)13-9-19-6-7-20-13/h13H,4-9H2,1-3H3,(H,15,18). The molecule has 2 rings (SSSR count). The van der Waals surface area contributed by atoms with Crippen molar-refractivity contribution in [2.45, 2.75) is 46.4 Å². The normalized spacial score (nSPS) is 19.1. The minimum Gasteiger partial charge on any atom is -0.376 e. The Morgan fingerprint density at radius 3 is 2.90 bits per heavy atom. The maximum atomic E-state index is 12.0. The van der Waals surface area contributed by atoms with Crippen LogP contribution in [-0.2, 0) is 27.4 Å². The van der Waals surface area contributed by atoms with Gasteiger partial charge in [-0.25, -0.2) is 0 Å². The van der Waals surface area contributed by atoms with Crippen molar-refractivity contribution in [3.8, 4) is 0 Å². The van der Waals surface area contributed by atoms with E-state index in [4.69, 9.17) is 9.47 Å². The molecule has 20 heavy (non-hydrogen) atoms. The summed E-state index contributed by atoms with van der Waals surface area (Å²) in [7, 11) is 0. The number of hydrogen-bond acceptors (Lipinski definition) is 4. The van der Waals surface area contributed by atoms with Crippen LogP contribution in [0.3, 0.4) is 0 Å². The van der Waals surface area contributed by atoms with Gasteiger partial charge < -0.3 is 14.8 Å². The summed E-state index contributed by atoms with van der Waals surface area (Å²) in [5.74, 6) is -0.119. The first kappa shape index (κ1) is 15.0. The van der Waals surface area contributed by atoms with Gasteiger partial charge in [0.15, 0.2) is 6.10 Å². The molecule has 2 heterocycles. The number of ether oxygens (including phenoxy) is 2. The Bertz CT molecular complexity index is 464. The van der Waals surface area contributed by atoms with Crippen LogP contribution in [0.25, 0.3) is 0 Å². The third kappa shape index (κ3) is 3.37. The lowest BCUT2D eigenvalue weighted by Crippen LogP contribution is -2.42. The zero-order chi connectivity index (χ0) is 14.5. The van der Waals surface area contributed by atoms with E-state index in [9.17, 15) is 4.79 Å². The Balaban J connectivity index is 1.94. The molecule has 0 bridgehead atoms. The van der Waals surface area contributed by atoms with Gasteiger partial charge in [0.25, 0.3) is 5.91 Å². The van der Waals surface area contributed by atoms with Gasteiger partial charge in [0.2, 0.25) is 0 Å². The molecule has 1 atom stereocenters. The maximum absolute atomic E-state index is 12.0. The van der Waals surface area contributed by atoms with Crippen molar-refractivity contribution in [3.63, 3.8) is 0 Å². The molecule has 112 valence electrons. The van der Waals surface area contributed by atoms with Crippen molar-refractivity contribution >= 4 is 5.91 Å². The van der Waals surface area contributed by atoms with E-state index in [1.54, 1.807) is 0 Å². The lowest BCUT2D eigenvalue weighted by atomic mass is 10.2. The first-order valence-corrected chi connectivity index (χ1v) is 7.13. The maximum Gasteiger partial charge on any atom is 0.251 e. The molecule has 0 saturated carbocycles. The number of carbonyl (C=O) groups excluding carboxylic acids is 1. The number of amides is 1. The molecule has 6 nitrogen and oxygen atoms in total. The molecule has 0 radical (unpaired) electrons. The Morgan fingerprint density at radius 1 is 1.45 bits per heavy atom. The van der Waals surface area contributed by atoms with Crippen molar-refractivity contribution in [2.24, 2.45) is 0 Å². The highest BCUT2D eigenvalue weighted by Gasteiger charge is 2.23. The first-order valence-electron chi connectivity index (χ1n) is 7.13. The van der Waals surface area contributed by atoms with Gasteiger partial charge in [-0.2, -0.15) is 5.10 Å². The van der Waals surface area contributed by atoms with Crippen LogP contribution in [0.15, 0.2) is 0 Å². The number of carbonyl (C=O) groups is 1. The van der Waals surface area contributed by atoms with Crippen molar-refractivity contribution in [3.05, 3.63) is 17.0 Å². The van der Waals surface area contributed by atoms with Crippen LogP contribution in [0.4, 0.5) is 0 Å². The van der Waals surface area contributed by atoms with Gasteiger partial charge in [-0.3, -0.25) is 9.48 Å². The number of aryl methyl sites for hydroxylation is 2. The molecule has 1 unspecified atom stereocenters. The highest BCUT2D eigenvalue weighted by atomic mass is 16.6. The van der Waals surface area contributed by atoms with Crippen LogP contribution in [0.5, 0.6) is 0 Å². The molecule has 6 heteroatoms. The van der Waals surface area contributed by atoms with Crippen LogP contribution >= 0.6 is 0 Å². The molecule has 1 N–H and O–H groups in total. The highest BCUT2D eigenvalue weighted by molar-refractivity contribution is 5.81. The van der Waals surface area contributed by atoms with Gasteiger partial charge in [-0.1, -0.05) is 6.92 Å². The van der Waals surface area contributed by atoms with Crippen LogP contribution in [0.1, 0.15) is 30.3 Å². The fourth-order valence-electron chi connectivity index (χ4n) is 2.35. The van der Waals surface area contributed by atoms with Gasteiger partial charge in [-0.15, -0.1) is 0 Å². The predicted octanol–water partition coefficient (Wildman–Crippen LogP) is 0.942. The quantitative estimate of drug-likeness (QED) is 0.872. The number of nitrogens with one attached hydrogen (secondary N) is 1. The minimum absolute atomic E-state index is 0.119. The van der Waals surface area contributed by atoms with E-state index < -0.39 is 6.10 Å². The topological polar surface area (TPSA) is 65.4 Å². The zero-order valence-electron chi connectivity index (χ0n) is 12.4. The number of aromatic nitrogens is 2. The summed E-state index contributed by atoms with van der Waals surface area (Å²) in [6, 6.07) is 0. The van der Waals surface area contributed by atoms with E-state index >= 15 is 0 Å². The van der Waals surface area contributed by atoms with Gasteiger partial charge >= 0.3 is 0 Å². The molecule has 1 aromatic heterocycles. The van der Waals surface area contributed by atoms with E-state index in [1.807, 2.05) is 18.5 Å². The molecule has 0 aliphatic carbocycles. The monoisotopic (exact) mass is 281 g/mol. The fourth-order valence-corrected chi connectivity index (χ4v) is 2.35. The molecule has 1 saturated heterocycles. The molecular formula is C14H23N3O3. The molecule has 1 fully saturated rings. The Kier molecular flexibility index (Phi) is 5.14. The lowest BCUT2D eigenvalue weighted by molar-refractivity contribution is -0.147. The molecule has 1 aliphatic rings. The van der Waals surface area contributed by atoms with Gasteiger partial charge in [0, 0.05) is 24.3 Å². The SMILES string of the molecule is CCCn1nc(C)c(CNC(=O)C2COCCO2)c1C. The molecule has 1 amide bonds. The van der Waals surface area contributed by atoms with Crippen LogP contribution in [-0.4, -0.2) is 41.6 Å². The fraction of sp³-hybridized carbons (Fsp3) is 0.714. The average Bonchev–Trinajstić information content (AvgIpc) is 2.72. The van der Waals surface area contributed by atoms with Crippen molar-refractivity contribution in [2.75, 3.05) is 19.8 Å². The van der Waals surface area contributed by atoms with Gasteiger partial charge in [-0.05, 0) is 20.3 Å². The summed E-state index contributed by atoms with van der Waals surface area (Å²) in [6.45, 7) is 8.89. The largest absolute Gasteiger partial charge is 0.376 e. The van der Waals surface area contributed by atoms with E-state index in [-0.39, 0.29) is 5.91 Å². The van der Waals surface area contributed by atoms with E-state index in [0.29, 0.717) is 26.4 Å². The van der Waals surface area contributed by atoms with Gasteiger partial charge in [0.1, 0.15) is 0 Å². The number of hydrogen-bond donors (Lipinski definition) is 1. The third-order valence-corrected chi connectivity index (χ3v) is 3.51. The first-order chi connectivity index (χ1) is 9.63. The second-order valence-electron chi connectivity index (χ2n) is 5.02. The Labute approximate surface area is 119 Å². The van der Waals surface area contributed by atoms with E-state index in [2.05, 4.69) is 17.3 Å². The summed E-state index contributed by atoms with van der Waals surface area (Å²) < 4.78 is 12.6. The number of rotatable bonds is 5. The molecule has 0 aromatic carbocycles. The van der Waals surface area contributed by atoms with Crippen molar-refractivity contribution < 1.29 is 14.3 Å². The third-order valence-electron chi connectivity index (χ3n) is 3.51. The summed E-state index contributed by atoms with van der Waals surface area (Å²) in [6.07, 6.45) is 0.552. The summed E-state index contributed by atoms with van der Waals surface area (Å²) >= 11 is 0. The van der Waals surface area contributed by atoms with Crippen molar-refractivity contribution in [1.29, 1.82) is 0 Å². The predicted molar refractivity (Wildman–Crippen MR) is 74.4 cm³/mol. The van der Waals surface area contributed by atoms with Crippen molar-refractivity contribution in [1.82, 2.24) is 15.1 Å².